The van der Waals surface area contributed by atoms with Crippen LogP contribution >= 0.6 is 0 Å². The highest BCUT2D eigenvalue weighted by Gasteiger charge is 2.10. The fraction of sp³-hybridized carbons (Fsp3) is 0.286. The molecule has 0 amide bonds. The highest BCUT2D eigenvalue weighted by atomic mass is 16.3. The Bertz CT molecular complexity index is 605. The molecule has 1 N–H and O–H groups in total. The maximum absolute atomic E-state index is 11.6. The van der Waals surface area contributed by atoms with Crippen LogP contribution < -0.4 is 5.56 Å². The maximum atomic E-state index is 11.6. The van der Waals surface area contributed by atoms with Crippen molar-refractivity contribution in [2.75, 3.05) is 0 Å². The smallest absolute Gasteiger partial charge is 0.266 e. The highest BCUT2D eigenvalue weighted by molar-refractivity contribution is 5.23. The van der Waals surface area contributed by atoms with Gasteiger partial charge in [0.1, 0.15) is 0 Å². The first-order chi connectivity index (χ1) is 8.56. The SMILES string of the molecule is Cc1cccc(C(O)Cn2nc(C)ccc2=O)c1. The van der Waals surface area contributed by atoms with Gasteiger partial charge in [-0.3, -0.25) is 4.79 Å². The molecule has 0 aliphatic rings. The lowest BCUT2D eigenvalue weighted by molar-refractivity contribution is 0.149. The third kappa shape index (κ3) is 2.84. The molecule has 0 saturated carbocycles. The van der Waals surface area contributed by atoms with Gasteiger partial charge in [0.15, 0.2) is 0 Å². The van der Waals surface area contributed by atoms with Crippen molar-refractivity contribution >= 4 is 0 Å². The summed E-state index contributed by atoms with van der Waals surface area (Å²) < 4.78 is 1.29. The quantitative estimate of drug-likeness (QED) is 0.892. The molecule has 2 aromatic rings. The van der Waals surface area contributed by atoms with Gasteiger partial charge in [-0.05, 0) is 25.5 Å². The minimum Gasteiger partial charge on any atom is -0.386 e. The number of benzene rings is 1. The maximum Gasteiger partial charge on any atom is 0.266 e. The van der Waals surface area contributed by atoms with Gasteiger partial charge >= 0.3 is 0 Å². The van der Waals surface area contributed by atoms with Gasteiger partial charge in [-0.25, -0.2) is 4.68 Å². The molecule has 0 spiro atoms. The monoisotopic (exact) mass is 244 g/mol. The summed E-state index contributed by atoms with van der Waals surface area (Å²) in [7, 11) is 0. The van der Waals surface area contributed by atoms with Gasteiger partial charge in [0, 0.05) is 6.07 Å². The molecule has 18 heavy (non-hydrogen) atoms. The zero-order valence-corrected chi connectivity index (χ0v) is 10.5. The molecule has 1 heterocycles. The summed E-state index contributed by atoms with van der Waals surface area (Å²) >= 11 is 0. The van der Waals surface area contributed by atoms with Crippen LogP contribution in [0.3, 0.4) is 0 Å². The van der Waals surface area contributed by atoms with Gasteiger partial charge in [-0.2, -0.15) is 5.10 Å². The average Bonchev–Trinajstić information content (AvgIpc) is 2.34. The van der Waals surface area contributed by atoms with Crippen molar-refractivity contribution in [3.8, 4) is 0 Å². The fourth-order valence-corrected chi connectivity index (χ4v) is 1.83. The zero-order valence-electron chi connectivity index (χ0n) is 10.5. The standard InChI is InChI=1S/C14H16N2O2/c1-10-4-3-5-12(8-10)13(17)9-16-14(18)7-6-11(2)15-16/h3-8,13,17H,9H2,1-2H3. The molecule has 0 fully saturated rings. The van der Waals surface area contributed by atoms with Crippen LogP contribution in [0.4, 0.5) is 0 Å². The molecule has 4 nitrogen and oxygen atoms in total. The fourth-order valence-electron chi connectivity index (χ4n) is 1.83. The second kappa shape index (κ2) is 5.14. The van der Waals surface area contributed by atoms with E-state index in [-0.39, 0.29) is 12.1 Å². The first-order valence-electron chi connectivity index (χ1n) is 5.85. The average molecular weight is 244 g/mol. The van der Waals surface area contributed by atoms with Crippen molar-refractivity contribution in [3.63, 3.8) is 0 Å². The number of aliphatic hydroxyl groups excluding tert-OH is 1. The Hall–Kier alpha value is -1.94. The van der Waals surface area contributed by atoms with E-state index in [0.717, 1.165) is 16.8 Å². The van der Waals surface area contributed by atoms with Crippen molar-refractivity contribution in [1.82, 2.24) is 9.78 Å². The normalized spacial score (nSPS) is 12.4. The molecular weight excluding hydrogens is 228 g/mol. The van der Waals surface area contributed by atoms with Crippen LogP contribution in [-0.2, 0) is 6.54 Å². The summed E-state index contributed by atoms with van der Waals surface area (Å²) in [6, 6.07) is 10.7. The van der Waals surface area contributed by atoms with E-state index in [9.17, 15) is 9.90 Å². The van der Waals surface area contributed by atoms with Crippen LogP contribution in [0.25, 0.3) is 0 Å². The summed E-state index contributed by atoms with van der Waals surface area (Å²) in [6.45, 7) is 3.95. The number of hydrogen-bond acceptors (Lipinski definition) is 3. The van der Waals surface area contributed by atoms with E-state index in [1.165, 1.54) is 10.7 Å². The third-order valence-electron chi connectivity index (χ3n) is 2.77. The lowest BCUT2D eigenvalue weighted by atomic mass is 10.1. The van der Waals surface area contributed by atoms with Gasteiger partial charge in [0.25, 0.3) is 5.56 Å². The van der Waals surface area contributed by atoms with E-state index in [2.05, 4.69) is 5.10 Å². The van der Waals surface area contributed by atoms with Crippen LogP contribution in [0.1, 0.15) is 22.9 Å². The Morgan fingerprint density at radius 3 is 2.78 bits per heavy atom. The van der Waals surface area contributed by atoms with E-state index in [1.54, 1.807) is 6.07 Å². The largest absolute Gasteiger partial charge is 0.386 e. The Morgan fingerprint density at radius 2 is 2.06 bits per heavy atom. The van der Waals surface area contributed by atoms with Gasteiger partial charge in [0.05, 0.1) is 18.3 Å². The van der Waals surface area contributed by atoms with E-state index in [4.69, 9.17) is 0 Å². The van der Waals surface area contributed by atoms with E-state index >= 15 is 0 Å². The topological polar surface area (TPSA) is 55.1 Å². The second-order valence-electron chi connectivity index (χ2n) is 4.42. The van der Waals surface area contributed by atoms with Gasteiger partial charge < -0.3 is 5.11 Å². The summed E-state index contributed by atoms with van der Waals surface area (Å²) in [4.78, 5) is 11.6. The van der Waals surface area contributed by atoms with Gasteiger partial charge in [0.2, 0.25) is 0 Å². The lowest BCUT2D eigenvalue weighted by Gasteiger charge is -2.12. The van der Waals surface area contributed by atoms with Crippen LogP contribution in [0.5, 0.6) is 0 Å². The number of aromatic nitrogens is 2. The minimum atomic E-state index is -0.725. The van der Waals surface area contributed by atoms with Crippen LogP contribution in [0.2, 0.25) is 0 Å². The van der Waals surface area contributed by atoms with E-state index < -0.39 is 6.10 Å². The molecule has 0 bridgehead atoms. The molecule has 0 aliphatic heterocycles. The molecule has 0 aliphatic carbocycles. The van der Waals surface area contributed by atoms with Crippen molar-refractivity contribution in [3.05, 3.63) is 63.6 Å². The number of aliphatic hydroxyl groups is 1. The van der Waals surface area contributed by atoms with Crippen LogP contribution in [0.15, 0.2) is 41.2 Å². The summed E-state index contributed by atoms with van der Waals surface area (Å²) in [5.41, 5.74) is 2.43. The predicted octanol–water partition coefficient (Wildman–Crippen LogP) is 1.59. The molecule has 0 saturated heterocycles. The van der Waals surface area contributed by atoms with Crippen molar-refractivity contribution < 1.29 is 5.11 Å². The Balaban J connectivity index is 2.23. The molecule has 0 radical (unpaired) electrons. The van der Waals surface area contributed by atoms with Crippen LogP contribution in [0, 0.1) is 13.8 Å². The molecular formula is C14H16N2O2. The van der Waals surface area contributed by atoms with Crippen molar-refractivity contribution in [2.45, 2.75) is 26.5 Å². The zero-order chi connectivity index (χ0) is 13.1. The first kappa shape index (κ1) is 12.5. The molecule has 94 valence electrons. The van der Waals surface area contributed by atoms with Gasteiger partial charge in [-0.1, -0.05) is 29.8 Å². The van der Waals surface area contributed by atoms with Crippen LogP contribution in [-0.4, -0.2) is 14.9 Å². The number of rotatable bonds is 3. The van der Waals surface area contributed by atoms with Crippen molar-refractivity contribution in [1.29, 1.82) is 0 Å². The Kier molecular flexibility index (Phi) is 3.58. The first-order valence-corrected chi connectivity index (χ1v) is 5.85. The summed E-state index contributed by atoms with van der Waals surface area (Å²) in [6.07, 6.45) is -0.725. The highest BCUT2D eigenvalue weighted by Crippen LogP contribution is 2.15. The molecule has 1 aromatic heterocycles. The lowest BCUT2D eigenvalue weighted by Crippen LogP contribution is -2.25. The number of aryl methyl sites for hydroxylation is 2. The van der Waals surface area contributed by atoms with Gasteiger partial charge in [-0.15, -0.1) is 0 Å². The number of nitrogens with zero attached hydrogens (tertiary/aromatic N) is 2. The summed E-state index contributed by atoms with van der Waals surface area (Å²) in [5.74, 6) is 0. The molecule has 2 rings (SSSR count). The second-order valence-corrected chi connectivity index (χ2v) is 4.42. The molecule has 1 atom stereocenters. The summed E-state index contributed by atoms with van der Waals surface area (Å²) in [5, 5.41) is 14.2. The molecule has 1 aromatic carbocycles. The van der Waals surface area contributed by atoms with E-state index in [0.29, 0.717) is 0 Å². The third-order valence-corrected chi connectivity index (χ3v) is 2.77. The predicted molar refractivity (Wildman–Crippen MR) is 69.4 cm³/mol. The Labute approximate surface area is 106 Å². The van der Waals surface area contributed by atoms with Crippen molar-refractivity contribution in [2.24, 2.45) is 0 Å². The minimum absolute atomic E-state index is 0.171. The molecule has 4 heteroatoms. The Morgan fingerprint density at radius 1 is 1.28 bits per heavy atom. The molecule has 1 unspecified atom stereocenters. The number of hydrogen-bond donors (Lipinski definition) is 1. The van der Waals surface area contributed by atoms with E-state index in [1.807, 2.05) is 38.1 Å².